The first kappa shape index (κ1) is 19.7. The highest BCUT2D eigenvalue weighted by Gasteiger charge is 2.37. The molecule has 1 N–H and O–H groups in total. The van der Waals surface area contributed by atoms with Crippen molar-refractivity contribution in [2.24, 2.45) is 5.92 Å². The molecule has 1 fully saturated rings. The molecule has 3 aromatic rings. The number of ketones is 1. The highest BCUT2D eigenvalue weighted by atomic mass is 16.5. The van der Waals surface area contributed by atoms with Crippen LogP contribution in [0.1, 0.15) is 22.5 Å². The second kappa shape index (κ2) is 8.02. The minimum Gasteiger partial charge on any atom is -0.495 e. The molecule has 1 aliphatic heterocycles. The SMILES string of the molecule is COc1ccccc1N1C[C@@H](C(=O)OCC(=O)c2c(C)[nH]c3ccccc23)CC1=O. The fourth-order valence-electron chi connectivity index (χ4n) is 3.91. The van der Waals surface area contributed by atoms with Crippen molar-refractivity contribution in [2.75, 3.05) is 25.2 Å². The summed E-state index contributed by atoms with van der Waals surface area (Å²) in [6, 6.07) is 14.6. The van der Waals surface area contributed by atoms with Crippen LogP contribution in [0.25, 0.3) is 10.9 Å². The number of aryl methyl sites for hydroxylation is 1. The van der Waals surface area contributed by atoms with Gasteiger partial charge in [0.2, 0.25) is 11.7 Å². The number of aromatic nitrogens is 1. The number of carbonyl (C=O) groups excluding carboxylic acids is 3. The normalized spacial score (nSPS) is 16.1. The molecule has 0 spiro atoms. The highest BCUT2D eigenvalue weighted by Crippen LogP contribution is 2.33. The van der Waals surface area contributed by atoms with E-state index in [9.17, 15) is 14.4 Å². The minimum atomic E-state index is -0.626. The van der Waals surface area contributed by atoms with E-state index < -0.39 is 11.9 Å². The van der Waals surface area contributed by atoms with Gasteiger partial charge in [0.25, 0.3) is 0 Å². The van der Waals surface area contributed by atoms with Crippen LogP contribution >= 0.6 is 0 Å². The van der Waals surface area contributed by atoms with Gasteiger partial charge in [-0.1, -0.05) is 30.3 Å². The summed E-state index contributed by atoms with van der Waals surface area (Å²) in [6.45, 7) is 1.65. The molecule has 1 saturated heterocycles. The quantitative estimate of drug-likeness (QED) is 0.501. The van der Waals surface area contributed by atoms with Crippen molar-refractivity contribution in [3.63, 3.8) is 0 Å². The molecule has 1 atom stereocenters. The lowest BCUT2D eigenvalue weighted by Gasteiger charge is -2.19. The van der Waals surface area contributed by atoms with Crippen molar-refractivity contribution >= 4 is 34.3 Å². The van der Waals surface area contributed by atoms with E-state index in [0.29, 0.717) is 17.0 Å². The Labute approximate surface area is 173 Å². The van der Waals surface area contributed by atoms with Crippen LogP contribution in [0.4, 0.5) is 5.69 Å². The van der Waals surface area contributed by atoms with Crippen LogP contribution in [0.5, 0.6) is 5.75 Å². The number of methoxy groups -OCH3 is 1. The van der Waals surface area contributed by atoms with Gasteiger partial charge in [0.1, 0.15) is 5.75 Å². The summed E-state index contributed by atoms with van der Waals surface area (Å²) in [5.41, 5.74) is 2.73. The first-order valence-electron chi connectivity index (χ1n) is 9.70. The molecule has 2 heterocycles. The molecule has 1 amide bonds. The summed E-state index contributed by atoms with van der Waals surface area (Å²) in [5, 5.41) is 0.800. The number of amides is 1. The Morgan fingerprint density at radius 2 is 1.87 bits per heavy atom. The highest BCUT2D eigenvalue weighted by molar-refractivity contribution is 6.10. The Balaban J connectivity index is 1.43. The van der Waals surface area contributed by atoms with Crippen LogP contribution in [-0.4, -0.2) is 42.9 Å². The number of nitrogens with one attached hydrogen (secondary N) is 1. The number of esters is 1. The molecular weight excluding hydrogens is 384 g/mol. The molecular formula is C23H22N2O5. The number of nitrogens with zero attached hydrogens (tertiary/aromatic N) is 1. The average molecular weight is 406 g/mol. The lowest BCUT2D eigenvalue weighted by molar-refractivity contribution is -0.147. The number of hydrogen-bond acceptors (Lipinski definition) is 5. The number of anilines is 1. The number of Topliss-reactive ketones (excluding diaryl/α,β-unsaturated/α-hetero) is 1. The molecule has 1 aromatic heterocycles. The summed E-state index contributed by atoms with van der Waals surface area (Å²) in [5.74, 6) is -1.07. The predicted octanol–water partition coefficient (Wildman–Crippen LogP) is 3.26. The van der Waals surface area contributed by atoms with E-state index in [1.165, 1.54) is 12.0 Å². The molecule has 4 rings (SSSR count). The lowest BCUT2D eigenvalue weighted by atomic mass is 10.1. The maximum atomic E-state index is 12.7. The molecule has 0 unspecified atom stereocenters. The zero-order valence-electron chi connectivity index (χ0n) is 16.8. The van der Waals surface area contributed by atoms with Gasteiger partial charge in [-0.2, -0.15) is 0 Å². The largest absolute Gasteiger partial charge is 0.495 e. The van der Waals surface area contributed by atoms with Crippen molar-refractivity contribution in [2.45, 2.75) is 13.3 Å². The summed E-state index contributed by atoms with van der Waals surface area (Å²) < 4.78 is 10.6. The first-order chi connectivity index (χ1) is 14.5. The smallest absolute Gasteiger partial charge is 0.311 e. The van der Waals surface area contributed by atoms with Crippen LogP contribution < -0.4 is 9.64 Å². The van der Waals surface area contributed by atoms with E-state index in [4.69, 9.17) is 9.47 Å². The predicted molar refractivity (Wildman–Crippen MR) is 112 cm³/mol. The monoisotopic (exact) mass is 406 g/mol. The molecule has 154 valence electrons. The lowest BCUT2D eigenvalue weighted by Crippen LogP contribution is -2.27. The Morgan fingerprint density at radius 1 is 1.13 bits per heavy atom. The summed E-state index contributed by atoms with van der Waals surface area (Å²) >= 11 is 0. The van der Waals surface area contributed by atoms with E-state index in [1.54, 1.807) is 18.2 Å². The molecule has 0 saturated carbocycles. The molecule has 0 aliphatic carbocycles. The maximum Gasteiger partial charge on any atom is 0.311 e. The van der Waals surface area contributed by atoms with Crippen LogP contribution in [-0.2, 0) is 14.3 Å². The van der Waals surface area contributed by atoms with Gasteiger partial charge in [0, 0.05) is 35.1 Å². The first-order valence-corrected chi connectivity index (χ1v) is 9.70. The number of fused-ring (bicyclic) bond motifs is 1. The van der Waals surface area contributed by atoms with Gasteiger partial charge in [0.15, 0.2) is 6.61 Å². The third kappa shape index (κ3) is 3.54. The number of rotatable bonds is 6. The Morgan fingerprint density at radius 3 is 2.67 bits per heavy atom. The van der Waals surface area contributed by atoms with Crippen molar-refractivity contribution in [1.29, 1.82) is 0 Å². The number of aromatic amines is 1. The van der Waals surface area contributed by atoms with E-state index in [0.717, 1.165) is 16.6 Å². The van der Waals surface area contributed by atoms with Gasteiger partial charge in [-0.05, 0) is 25.1 Å². The maximum absolute atomic E-state index is 12.7. The van der Waals surface area contributed by atoms with Gasteiger partial charge in [-0.3, -0.25) is 14.4 Å². The molecule has 0 bridgehead atoms. The topological polar surface area (TPSA) is 88.7 Å². The molecule has 7 heteroatoms. The van der Waals surface area contributed by atoms with Gasteiger partial charge >= 0.3 is 5.97 Å². The van der Waals surface area contributed by atoms with Crippen LogP contribution in [0, 0.1) is 12.8 Å². The number of benzene rings is 2. The van der Waals surface area contributed by atoms with Crippen LogP contribution in [0.3, 0.4) is 0 Å². The average Bonchev–Trinajstić information content (AvgIpc) is 3.30. The van der Waals surface area contributed by atoms with Gasteiger partial charge in [-0.15, -0.1) is 0 Å². The number of hydrogen-bond donors (Lipinski definition) is 1. The van der Waals surface area contributed by atoms with Gasteiger partial charge in [0.05, 0.1) is 18.7 Å². The second-order valence-electron chi connectivity index (χ2n) is 7.28. The van der Waals surface area contributed by atoms with Crippen LogP contribution in [0.2, 0.25) is 0 Å². The zero-order chi connectivity index (χ0) is 21.3. The molecule has 0 radical (unpaired) electrons. The summed E-state index contributed by atoms with van der Waals surface area (Å²) in [7, 11) is 1.53. The third-order valence-corrected chi connectivity index (χ3v) is 5.35. The van der Waals surface area contributed by atoms with Crippen molar-refractivity contribution in [3.8, 4) is 5.75 Å². The Bertz CT molecular complexity index is 1130. The number of carbonyl (C=O) groups is 3. The molecule has 1 aliphatic rings. The number of ether oxygens (including phenoxy) is 2. The van der Waals surface area contributed by atoms with E-state index in [1.807, 2.05) is 37.3 Å². The van der Waals surface area contributed by atoms with E-state index in [2.05, 4.69) is 4.98 Å². The van der Waals surface area contributed by atoms with Gasteiger partial charge in [-0.25, -0.2) is 0 Å². The van der Waals surface area contributed by atoms with Gasteiger partial charge < -0.3 is 19.4 Å². The van der Waals surface area contributed by atoms with Crippen molar-refractivity contribution in [3.05, 3.63) is 59.8 Å². The number of para-hydroxylation sites is 3. The molecule has 2 aromatic carbocycles. The van der Waals surface area contributed by atoms with E-state index >= 15 is 0 Å². The summed E-state index contributed by atoms with van der Waals surface area (Å²) in [4.78, 5) is 42.4. The Kier molecular flexibility index (Phi) is 5.27. The third-order valence-electron chi connectivity index (χ3n) is 5.35. The fourth-order valence-corrected chi connectivity index (χ4v) is 3.91. The summed E-state index contributed by atoms with van der Waals surface area (Å²) in [6.07, 6.45) is 0.0389. The van der Waals surface area contributed by atoms with Crippen molar-refractivity contribution < 1.29 is 23.9 Å². The number of H-pyrrole nitrogens is 1. The van der Waals surface area contributed by atoms with Crippen molar-refractivity contribution in [1.82, 2.24) is 4.98 Å². The zero-order valence-corrected chi connectivity index (χ0v) is 16.8. The standard InChI is InChI=1S/C23H22N2O5/c1-14-22(16-7-3-4-8-17(16)24-14)19(26)13-30-23(28)15-11-21(27)25(12-15)18-9-5-6-10-20(18)29-2/h3-10,15,24H,11-13H2,1-2H3/t15-/m0/s1. The molecule has 7 nitrogen and oxygen atoms in total. The van der Waals surface area contributed by atoms with Crippen LogP contribution in [0.15, 0.2) is 48.5 Å². The fraction of sp³-hybridized carbons (Fsp3) is 0.261. The van der Waals surface area contributed by atoms with E-state index in [-0.39, 0.29) is 31.3 Å². The minimum absolute atomic E-state index is 0.0389. The second-order valence-corrected chi connectivity index (χ2v) is 7.28. The Hall–Kier alpha value is -3.61. The molecule has 30 heavy (non-hydrogen) atoms.